The molecule has 2 aromatic rings. The first-order valence-electron chi connectivity index (χ1n) is 12.2. The molecule has 33 heavy (non-hydrogen) atoms. The number of imide groups is 1. The van der Waals surface area contributed by atoms with Crippen molar-refractivity contribution in [2.24, 2.45) is 0 Å². The van der Waals surface area contributed by atoms with E-state index in [1.54, 1.807) is 0 Å². The molecule has 0 bridgehead atoms. The van der Waals surface area contributed by atoms with Crippen molar-refractivity contribution in [3.05, 3.63) is 68.4 Å². The highest BCUT2D eigenvalue weighted by Crippen LogP contribution is 2.33. The van der Waals surface area contributed by atoms with Crippen LogP contribution in [0.4, 0.5) is 5.69 Å². The van der Waals surface area contributed by atoms with Gasteiger partial charge in [0, 0.05) is 17.6 Å². The van der Waals surface area contributed by atoms with E-state index in [1.807, 2.05) is 44.2 Å². The number of fused-ring (bicyclic) bond motifs is 1. The summed E-state index contributed by atoms with van der Waals surface area (Å²) in [7, 11) is 0. The molecule has 172 valence electrons. The summed E-state index contributed by atoms with van der Waals surface area (Å²) in [4.78, 5) is 28.4. The Hall–Kier alpha value is -3.14. The lowest BCUT2D eigenvalue weighted by atomic mass is 10.0. The van der Waals surface area contributed by atoms with Crippen molar-refractivity contribution in [3.63, 3.8) is 0 Å². The monoisotopic (exact) mass is 442 g/mol. The molecule has 2 aliphatic rings. The van der Waals surface area contributed by atoms with E-state index in [0.29, 0.717) is 16.8 Å². The van der Waals surface area contributed by atoms with E-state index in [2.05, 4.69) is 37.5 Å². The summed E-state index contributed by atoms with van der Waals surface area (Å²) in [5, 5.41) is 2.51. The predicted octanol–water partition coefficient (Wildman–Crippen LogP) is 4.81. The zero-order valence-electron chi connectivity index (χ0n) is 20.5. The normalized spacial score (nSPS) is 16.8. The first-order chi connectivity index (χ1) is 15.9. The van der Waals surface area contributed by atoms with Gasteiger partial charge in [0.2, 0.25) is 0 Å². The molecule has 1 aromatic heterocycles. The molecule has 1 aromatic carbocycles. The largest absolute Gasteiger partial charge is 0.341 e. The van der Waals surface area contributed by atoms with E-state index in [1.165, 1.54) is 26.6 Å². The van der Waals surface area contributed by atoms with Gasteiger partial charge in [-0.1, -0.05) is 50.1 Å². The third kappa shape index (κ3) is 4.03. The first-order valence-corrected chi connectivity index (χ1v) is 12.2. The van der Waals surface area contributed by atoms with Gasteiger partial charge >= 0.3 is 0 Å². The zero-order valence-corrected chi connectivity index (χ0v) is 20.5. The third-order valence-electron chi connectivity index (χ3n) is 6.58. The summed E-state index contributed by atoms with van der Waals surface area (Å²) < 4.78 is 2.32. The summed E-state index contributed by atoms with van der Waals surface area (Å²) in [6.07, 6.45) is 11.7. The van der Waals surface area contributed by atoms with E-state index in [0.717, 1.165) is 49.9 Å². The molecular formula is C29H34N2O2. The molecule has 4 heteroatoms. The van der Waals surface area contributed by atoms with Crippen LogP contribution in [-0.2, 0) is 22.6 Å². The van der Waals surface area contributed by atoms with Gasteiger partial charge < -0.3 is 4.57 Å². The molecule has 1 fully saturated rings. The fourth-order valence-corrected chi connectivity index (χ4v) is 5.02. The Morgan fingerprint density at radius 3 is 2.30 bits per heavy atom. The van der Waals surface area contributed by atoms with Crippen molar-refractivity contribution in [1.82, 2.24) is 4.57 Å². The molecule has 1 aliphatic carbocycles. The van der Waals surface area contributed by atoms with Crippen LogP contribution in [0.1, 0.15) is 70.2 Å². The van der Waals surface area contributed by atoms with E-state index in [-0.39, 0.29) is 11.8 Å². The van der Waals surface area contributed by atoms with Crippen LogP contribution in [-0.4, -0.2) is 16.4 Å². The van der Waals surface area contributed by atoms with Gasteiger partial charge in [0.15, 0.2) is 0 Å². The standard InChI is InChI=1S/C29H34N2O2/c1-6-10-21-13-15-22(16-14-21)31-28(32)24(27(19(3)4)29(31)33)18-26-20(5)23-11-8-9-12-25(23)30(26)17-7-2/h11-16,18H,6-10,17H2,1-5H3/b24-18+. The van der Waals surface area contributed by atoms with Crippen LogP contribution in [0.3, 0.4) is 0 Å². The quantitative estimate of drug-likeness (QED) is 0.476. The van der Waals surface area contributed by atoms with Gasteiger partial charge in [0.05, 0.1) is 16.8 Å². The Balaban J connectivity index is 1.86. The molecule has 0 atom stereocenters. The van der Waals surface area contributed by atoms with Crippen LogP contribution in [0.25, 0.3) is 18.2 Å². The summed E-state index contributed by atoms with van der Waals surface area (Å²) >= 11 is 0. The highest BCUT2D eigenvalue weighted by molar-refractivity contribution is 6.38. The lowest BCUT2D eigenvalue weighted by Crippen LogP contribution is -2.31. The van der Waals surface area contributed by atoms with Crippen molar-refractivity contribution in [1.29, 1.82) is 0 Å². The number of rotatable bonds is 6. The minimum atomic E-state index is -0.242. The average molecular weight is 443 g/mol. The maximum absolute atomic E-state index is 13.6. The molecule has 1 saturated heterocycles. The minimum absolute atomic E-state index is 0.233. The number of hydrogen-bond donors (Lipinski definition) is 0. The Morgan fingerprint density at radius 1 is 0.970 bits per heavy atom. The van der Waals surface area contributed by atoms with Crippen LogP contribution < -0.4 is 15.5 Å². The van der Waals surface area contributed by atoms with Crippen LogP contribution in [0.15, 0.2) is 41.0 Å². The summed E-state index contributed by atoms with van der Waals surface area (Å²) in [6, 6.07) is 7.80. The molecule has 1 aliphatic heterocycles. The van der Waals surface area contributed by atoms with Crippen LogP contribution >= 0.6 is 0 Å². The molecule has 0 unspecified atom stereocenters. The maximum Gasteiger partial charge on any atom is 0.266 e. The molecule has 2 heterocycles. The van der Waals surface area contributed by atoms with Gasteiger partial charge in [-0.05, 0) is 81.0 Å². The Kier molecular flexibility index (Phi) is 6.55. The number of aryl methyl sites for hydroxylation is 1. The van der Waals surface area contributed by atoms with Crippen LogP contribution in [0, 0.1) is 6.92 Å². The SMILES string of the molecule is CCCc1ccc(N2C(=O)C(=C(C)C)/C(=C\c3c(C)c4c(n3CCC)=CCCC=4)C2=O)cc1. The Bertz CT molecular complexity index is 1280. The van der Waals surface area contributed by atoms with E-state index in [4.69, 9.17) is 0 Å². The topological polar surface area (TPSA) is 42.3 Å². The lowest BCUT2D eigenvalue weighted by Gasteiger charge is -2.14. The molecule has 0 spiro atoms. The molecule has 4 nitrogen and oxygen atoms in total. The van der Waals surface area contributed by atoms with Gasteiger partial charge in [-0.25, -0.2) is 4.90 Å². The minimum Gasteiger partial charge on any atom is -0.341 e. The summed E-state index contributed by atoms with van der Waals surface area (Å²) in [5.74, 6) is -0.474. The molecule has 2 amide bonds. The Morgan fingerprint density at radius 2 is 1.67 bits per heavy atom. The van der Waals surface area contributed by atoms with Gasteiger partial charge in [-0.15, -0.1) is 0 Å². The number of carbonyl (C=O) groups excluding carboxylic acids is 2. The number of allylic oxidation sites excluding steroid dienone is 1. The molecular weight excluding hydrogens is 408 g/mol. The molecule has 4 rings (SSSR count). The van der Waals surface area contributed by atoms with Crippen molar-refractivity contribution in [3.8, 4) is 0 Å². The summed E-state index contributed by atoms with van der Waals surface area (Å²) in [6.45, 7) is 11.1. The average Bonchev–Trinajstić information content (AvgIpc) is 3.20. The zero-order chi connectivity index (χ0) is 23.7. The van der Waals surface area contributed by atoms with Gasteiger partial charge in [0.25, 0.3) is 11.8 Å². The number of amides is 2. The highest BCUT2D eigenvalue weighted by Gasteiger charge is 2.40. The molecule has 0 radical (unpaired) electrons. The van der Waals surface area contributed by atoms with Gasteiger partial charge in [-0.3, -0.25) is 9.59 Å². The fraction of sp³-hybridized carbons (Fsp3) is 0.379. The lowest BCUT2D eigenvalue weighted by molar-refractivity contribution is -0.119. The number of anilines is 1. The van der Waals surface area contributed by atoms with Gasteiger partial charge in [0.1, 0.15) is 0 Å². The maximum atomic E-state index is 13.6. The van der Waals surface area contributed by atoms with Crippen molar-refractivity contribution < 1.29 is 9.59 Å². The van der Waals surface area contributed by atoms with Crippen LogP contribution in [0.2, 0.25) is 0 Å². The first kappa shape index (κ1) is 23.0. The smallest absolute Gasteiger partial charge is 0.266 e. The van der Waals surface area contributed by atoms with Crippen molar-refractivity contribution in [2.45, 2.75) is 73.3 Å². The van der Waals surface area contributed by atoms with Crippen molar-refractivity contribution in [2.75, 3.05) is 4.90 Å². The summed E-state index contributed by atoms with van der Waals surface area (Å²) in [5.41, 5.74) is 5.93. The number of carbonyl (C=O) groups is 2. The predicted molar refractivity (Wildman–Crippen MR) is 136 cm³/mol. The fourth-order valence-electron chi connectivity index (χ4n) is 5.02. The highest BCUT2D eigenvalue weighted by atomic mass is 16.2. The van der Waals surface area contributed by atoms with Gasteiger partial charge in [-0.2, -0.15) is 0 Å². The second-order valence-corrected chi connectivity index (χ2v) is 9.24. The molecule has 0 N–H and O–H groups in total. The van der Waals surface area contributed by atoms with Crippen LogP contribution in [0.5, 0.6) is 0 Å². The van der Waals surface area contributed by atoms with E-state index < -0.39 is 0 Å². The second kappa shape index (κ2) is 9.38. The molecule has 0 saturated carbocycles. The number of benzene rings is 1. The van der Waals surface area contributed by atoms with E-state index in [9.17, 15) is 9.59 Å². The third-order valence-corrected chi connectivity index (χ3v) is 6.58. The number of hydrogen-bond acceptors (Lipinski definition) is 2. The number of nitrogens with zero attached hydrogens (tertiary/aromatic N) is 2. The number of aromatic nitrogens is 1. The van der Waals surface area contributed by atoms with Crippen molar-refractivity contribution >= 4 is 35.7 Å². The Labute approximate surface area is 196 Å². The second-order valence-electron chi connectivity index (χ2n) is 9.24. The van der Waals surface area contributed by atoms with E-state index >= 15 is 0 Å².